The highest BCUT2D eigenvalue weighted by molar-refractivity contribution is 6.04. The van der Waals surface area contributed by atoms with Gasteiger partial charge in [0.15, 0.2) is 0 Å². The van der Waals surface area contributed by atoms with Crippen LogP contribution in [-0.4, -0.2) is 29.2 Å². The van der Waals surface area contributed by atoms with Gasteiger partial charge in [0.05, 0.1) is 17.9 Å². The summed E-state index contributed by atoms with van der Waals surface area (Å²) in [5.41, 5.74) is 1.11. The second-order valence-electron chi connectivity index (χ2n) is 8.67. The normalized spacial score (nSPS) is 20.7. The first-order chi connectivity index (χ1) is 15.2. The van der Waals surface area contributed by atoms with Crippen molar-refractivity contribution in [3.05, 3.63) is 59.8 Å². The maximum absolute atomic E-state index is 12.7. The molecule has 32 heavy (non-hydrogen) atoms. The summed E-state index contributed by atoms with van der Waals surface area (Å²) in [4.78, 5) is 15.8. The molecule has 0 spiro atoms. The molecule has 0 radical (unpaired) electrons. The molecule has 0 bridgehead atoms. The lowest BCUT2D eigenvalue weighted by Crippen LogP contribution is -2.45. The van der Waals surface area contributed by atoms with Gasteiger partial charge in [0.1, 0.15) is 5.75 Å². The summed E-state index contributed by atoms with van der Waals surface area (Å²) in [7, 11) is 0. The standard InChI is InChI=1S/C24H25F3N2O3/c1-23(11-16(12-23)14-30)22(31)29-21-13-28-20-7-6-18(10-19(20)21)32-9-8-15-2-4-17(5-3-15)24(25,26)27/h2-7,10,13,16,28,30H,8-9,11-12,14H2,1H3,(H,29,31). The van der Waals surface area contributed by atoms with Gasteiger partial charge in [0.25, 0.3) is 0 Å². The monoisotopic (exact) mass is 446 g/mol. The zero-order valence-corrected chi connectivity index (χ0v) is 17.6. The molecular formula is C24H25F3N2O3. The van der Waals surface area contributed by atoms with E-state index in [2.05, 4.69) is 10.3 Å². The molecule has 1 aliphatic rings. The number of nitrogens with one attached hydrogen (secondary N) is 2. The Kier molecular flexibility index (Phi) is 5.90. The second kappa shape index (κ2) is 8.50. The average Bonchev–Trinajstić information content (AvgIpc) is 3.13. The van der Waals surface area contributed by atoms with Crippen LogP contribution < -0.4 is 10.1 Å². The van der Waals surface area contributed by atoms with Crippen molar-refractivity contribution < 1.29 is 27.8 Å². The molecule has 170 valence electrons. The number of amides is 1. The van der Waals surface area contributed by atoms with Gasteiger partial charge < -0.3 is 20.1 Å². The van der Waals surface area contributed by atoms with Crippen molar-refractivity contribution >= 4 is 22.5 Å². The highest BCUT2D eigenvalue weighted by atomic mass is 19.4. The minimum absolute atomic E-state index is 0.0725. The summed E-state index contributed by atoms with van der Waals surface area (Å²) >= 11 is 0. The van der Waals surface area contributed by atoms with Gasteiger partial charge in [-0.15, -0.1) is 0 Å². The third-order valence-corrected chi connectivity index (χ3v) is 6.13. The number of aromatic nitrogens is 1. The fourth-order valence-corrected chi connectivity index (χ4v) is 4.24. The zero-order chi connectivity index (χ0) is 22.9. The number of benzene rings is 2. The van der Waals surface area contributed by atoms with E-state index in [1.165, 1.54) is 12.1 Å². The number of H-pyrrole nitrogens is 1. The Balaban J connectivity index is 1.38. The Morgan fingerprint density at radius 2 is 1.94 bits per heavy atom. The fraction of sp³-hybridized carbons (Fsp3) is 0.375. The maximum Gasteiger partial charge on any atom is 0.416 e. The molecule has 2 aromatic carbocycles. The summed E-state index contributed by atoms with van der Waals surface area (Å²) in [5, 5.41) is 13.0. The Morgan fingerprint density at radius 3 is 2.59 bits per heavy atom. The summed E-state index contributed by atoms with van der Waals surface area (Å²) in [6, 6.07) is 10.5. The number of alkyl halides is 3. The van der Waals surface area contributed by atoms with Crippen molar-refractivity contribution in [2.75, 3.05) is 18.5 Å². The van der Waals surface area contributed by atoms with Crippen molar-refractivity contribution in [3.8, 4) is 5.75 Å². The predicted molar refractivity (Wildman–Crippen MR) is 115 cm³/mol. The number of aliphatic hydroxyl groups excluding tert-OH is 1. The summed E-state index contributed by atoms with van der Waals surface area (Å²) < 4.78 is 43.8. The number of anilines is 1. The van der Waals surface area contributed by atoms with Crippen LogP contribution in [-0.2, 0) is 17.4 Å². The van der Waals surface area contributed by atoms with E-state index in [-0.39, 0.29) is 18.4 Å². The summed E-state index contributed by atoms with van der Waals surface area (Å²) in [6.45, 7) is 2.31. The Morgan fingerprint density at radius 1 is 1.22 bits per heavy atom. The molecule has 0 unspecified atom stereocenters. The highest BCUT2D eigenvalue weighted by Crippen LogP contribution is 2.46. The Labute approximate surface area is 183 Å². The number of aromatic amines is 1. The van der Waals surface area contributed by atoms with E-state index >= 15 is 0 Å². The third kappa shape index (κ3) is 4.60. The topological polar surface area (TPSA) is 74.4 Å². The number of aliphatic hydroxyl groups is 1. The van der Waals surface area contributed by atoms with Crippen LogP contribution in [0.15, 0.2) is 48.7 Å². The average molecular weight is 446 g/mol. The molecule has 1 saturated carbocycles. The lowest BCUT2D eigenvalue weighted by molar-refractivity contribution is -0.137. The fourth-order valence-electron chi connectivity index (χ4n) is 4.24. The predicted octanol–water partition coefficient (Wildman–Crippen LogP) is 5.16. The van der Waals surface area contributed by atoms with E-state index in [0.717, 1.165) is 28.6 Å². The van der Waals surface area contributed by atoms with Crippen molar-refractivity contribution in [2.45, 2.75) is 32.4 Å². The smallest absolute Gasteiger partial charge is 0.416 e. The number of ether oxygens (including phenoxy) is 1. The number of carbonyl (C=O) groups excluding carboxylic acids is 1. The molecule has 1 fully saturated rings. The van der Waals surface area contributed by atoms with E-state index in [1.807, 2.05) is 19.1 Å². The lowest BCUT2D eigenvalue weighted by Gasteiger charge is -2.42. The van der Waals surface area contributed by atoms with E-state index in [9.17, 15) is 23.1 Å². The van der Waals surface area contributed by atoms with Crippen LogP contribution >= 0.6 is 0 Å². The van der Waals surface area contributed by atoms with E-state index in [4.69, 9.17) is 4.74 Å². The molecule has 0 atom stereocenters. The number of rotatable bonds is 7. The first-order valence-electron chi connectivity index (χ1n) is 10.5. The molecule has 8 heteroatoms. The van der Waals surface area contributed by atoms with Crippen LogP contribution in [0.3, 0.4) is 0 Å². The molecule has 1 amide bonds. The van der Waals surface area contributed by atoms with E-state index in [1.54, 1.807) is 12.3 Å². The molecule has 0 aliphatic heterocycles. The maximum atomic E-state index is 12.7. The number of hydrogen-bond donors (Lipinski definition) is 3. The van der Waals surface area contributed by atoms with E-state index in [0.29, 0.717) is 37.3 Å². The second-order valence-corrected chi connectivity index (χ2v) is 8.67. The van der Waals surface area contributed by atoms with Crippen LogP contribution in [0.2, 0.25) is 0 Å². The summed E-state index contributed by atoms with van der Waals surface area (Å²) in [5.74, 6) is 0.713. The number of halogens is 3. The first-order valence-corrected chi connectivity index (χ1v) is 10.5. The lowest BCUT2D eigenvalue weighted by atomic mass is 9.63. The quantitative estimate of drug-likeness (QED) is 0.470. The molecule has 4 rings (SSSR count). The number of hydrogen-bond acceptors (Lipinski definition) is 3. The van der Waals surface area contributed by atoms with Crippen molar-refractivity contribution in [2.24, 2.45) is 11.3 Å². The molecule has 1 aromatic heterocycles. The molecular weight excluding hydrogens is 421 g/mol. The van der Waals surface area contributed by atoms with Crippen LogP contribution in [0.5, 0.6) is 5.75 Å². The van der Waals surface area contributed by atoms with Gasteiger partial charge in [0.2, 0.25) is 5.91 Å². The largest absolute Gasteiger partial charge is 0.493 e. The van der Waals surface area contributed by atoms with Gasteiger partial charge in [0, 0.05) is 35.5 Å². The van der Waals surface area contributed by atoms with Crippen LogP contribution in [0.25, 0.3) is 10.9 Å². The minimum atomic E-state index is -4.34. The van der Waals surface area contributed by atoms with E-state index < -0.39 is 17.2 Å². The van der Waals surface area contributed by atoms with Gasteiger partial charge in [-0.2, -0.15) is 13.2 Å². The van der Waals surface area contributed by atoms with Crippen LogP contribution in [0, 0.1) is 11.3 Å². The van der Waals surface area contributed by atoms with Crippen molar-refractivity contribution in [1.29, 1.82) is 0 Å². The minimum Gasteiger partial charge on any atom is -0.493 e. The van der Waals surface area contributed by atoms with Gasteiger partial charge >= 0.3 is 6.18 Å². The molecule has 5 nitrogen and oxygen atoms in total. The summed E-state index contributed by atoms with van der Waals surface area (Å²) in [6.07, 6.45) is -0.811. The number of fused-ring (bicyclic) bond motifs is 1. The Bertz CT molecular complexity index is 1100. The third-order valence-electron chi connectivity index (χ3n) is 6.13. The first kappa shape index (κ1) is 22.2. The van der Waals surface area contributed by atoms with Gasteiger partial charge in [-0.1, -0.05) is 19.1 Å². The molecule has 1 heterocycles. The van der Waals surface area contributed by atoms with Crippen LogP contribution in [0.1, 0.15) is 30.9 Å². The molecule has 1 aliphatic carbocycles. The van der Waals surface area contributed by atoms with Gasteiger partial charge in [-0.3, -0.25) is 4.79 Å². The molecule has 3 aromatic rings. The van der Waals surface area contributed by atoms with Gasteiger partial charge in [-0.05, 0) is 54.7 Å². The Hall–Kier alpha value is -3.00. The van der Waals surface area contributed by atoms with Crippen molar-refractivity contribution in [3.63, 3.8) is 0 Å². The number of carbonyl (C=O) groups is 1. The highest BCUT2D eigenvalue weighted by Gasteiger charge is 2.45. The van der Waals surface area contributed by atoms with Crippen LogP contribution in [0.4, 0.5) is 18.9 Å². The zero-order valence-electron chi connectivity index (χ0n) is 17.6. The SMILES string of the molecule is CC1(C(=O)Nc2c[nH]c3ccc(OCCc4ccc(C(F)(F)F)cc4)cc23)CC(CO)C1. The van der Waals surface area contributed by atoms with Gasteiger partial charge in [-0.25, -0.2) is 0 Å². The van der Waals surface area contributed by atoms with Crippen molar-refractivity contribution in [1.82, 2.24) is 4.98 Å². The molecule has 3 N–H and O–H groups in total. The molecule has 0 saturated heterocycles.